The Bertz CT molecular complexity index is 107. The van der Waals surface area contributed by atoms with Crippen LogP contribution in [0.4, 0.5) is 0 Å². The van der Waals surface area contributed by atoms with Crippen LogP contribution in [0.3, 0.4) is 0 Å². The summed E-state index contributed by atoms with van der Waals surface area (Å²) in [7, 11) is 1.30. The summed E-state index contributed by atoms with van der Waals surface area (Å²) in [5, 5.41) is 0. The molecular formula is C7H19NO2Si. The topological polar surface area (TPSA) is 44.5 Å². The molecule has 0 saturated heterocycles. The minimum atomic E-state index is -2.04. The summed E-state index contributed by atoms with van der Waals surface area (Å²) >= 11 is 0. The average molecular weight is 177 g/mol. The average Bonchev–Trinajstić information content (AvgIpc) is 2.03. The van der Waals surface area contributed by atoms with Gasteiger partial charge in [0.1, 0.15) is 0 Å². The molecule has 0 aliphatic rings. The Balaban J connectivity index is 4.00. The van der Waals surface area contributed by atoms with Crippen LogP contribution in [0.1, 0.15) is 19.8 Å². The van der Waals surface area contributed by atoms with E-state index in [0.29, 0.717) is 0 Å². The summed E-state index contributed by atoms with van der Waals surface area (Å²) in [6.45, 7) is 4.10. The van der Waals surface area contributed by atoms with Gasteiger partial charge in [-0.05, 0) is 13.0 Å². The van der Waals surface area contributed by atoms with E-state index in [4.69, 9.17) is 14.6 Å². The molecule has 0 amide bonds. The molecule has 0 rings (SSSR count). The molecule has 0 aliphatic carbocycles. The molecule has 68 valence electrons. The Morgan fingerprint density at radius 1 is 1.36 bits per heavy atom. The maximum atomic E-state index is 5.90. The molecule has 2 N–H and O–H groups in total. The molecule has 0 saturated carbocycles. The Morgan fingerprint density at radius 2 is 1.82 bits per heavy atom. The van der Waals surface area contributed by atoms with E-state index in [-0.39, 0.29) is 5.67 Å². The van der Waals surface area contributed by atoms with Gasteiger partial charge in [0, 0.05) is 19.9 Å². The smallest absolute Gasteiger partial charge is 0.351 e. The highest BCUT2D eigenvalue weighted by atomic mass is 28.4. The van der Waals surface area contributed by atoms with E-state index in [9.17, 15) is 0 Å². The third-order valence-electron chi connectivity index (χ3n) is 2.08. The molecule has 0 radical (unpaired) electrons. The van der Waals surface area contributed by atoms with Crippen molar-refractivity contribution in [1.29, 1.82) is 0 Å². The molecule has 0 fully saturated rings. The molecule has 0 spiro atoms. The summed E-state index contributed by atoms with van der Waals surface area (Å²) in [5.74, 6) is 0. The van der Waals surface area contributed by atoms with Gasteiger partial charge in [-0.3, -0.25) is 0 Å². The Hall–Kier alpha value is 0.0969. The van der Waals surface area contributed by atoms with Crippen LogP contribution in [0.2, 0.25) is 6.55 Å². The lowest BCUT2D eigenvalue weighted by molar-refractivity contribution is 0.235. The monoisotopic (exact) mass is 177 g/mol. The minimum Gasteiger partial charge on any atom is -0.397 e. The summed E-state index contributed by atoms with van der Waals surface area (Å²) in [6.07, 6.45) is 2.06. The molecule has 4 heteroatoms. The van der Waals surface area contributed by atoms with E-state index in [0.717, 1.165) is 12.8 Å². The van der Waals surface area contributed by atoms with Gasteiger partial charge in [-0.15, -0.1) is 0 Å². The lowest BCUT2D eigenvalue weighted by Gasteiger charge is -2.28. The fraction of sp³-hybridized carbons (Fsp3) is 1.00. The van der Waals surface area contributed by atoms with Crippen molar-refractivity contribution in [2.75, 3.05) is 14.2 Å². The zero-order chi connectivity index (χ0) is 8.91. The molecule has 3 nitrogen and oxygen atoms in total. The fourth-order valence-corrected chi connectivity index (χ4v) is 2.54. The quantitative estimate of drug-likeness (QED) is 0.638. The molecule has 0 bridgehead atoms. The van der Waals surface area contributed by atoms with Crippen LogP contribution in [0.25, 0.3) is 0 Å². The predicted octanol–water partition coefficient (Wildman–Crippen LogP) is 1.02. The Kier molecular flexibility index (Phi) is 4.91. The van der Waals surface area contributed by atoms with Crippen molar-refractivity contribution in [2.24, 2.45) is 5.73 Å². The SMILES string of the molecule is CCCC(N)[Si](C)(OC)OC. The first-order valence-electron chi connectivity index (χ1n) is 3.96. The number of rotatable bonds is 5. The van der Waals surface area contributed by atoms with Crippen LogP contribution in [-0.2, 0) is 8.85 Å². The van der Waals surface area contributed by atoms with E-state index < -0.39 is 8.56 Å². The van der Waals surface area contributed by atoms with Gasteiger partial charge in [0.15, 0.2) is 0 Å². The molecule has 0 heterocycles. The van der Waals surface area contributed by atoms with E-state index in [1.165, 1.54) is 0 Å². The summed E-state index contributed by atoms with van der Waals surface area (Å²) in [6, 6.07) is 0. The van der Waals surface area contributed by atoms with Crippen molar-refractivity contribution in [3.05, 3.63) is 0 Å². The zero-order valence-electron chi connectivity index (χ0n) is 7.89. The van der Waals surface area contributed by atoms with Gasteiger partial charge in [-0.1, -0.05) is 13.3 Å². The normalized spacial score (nSPS) is 15.0. The van der Waals surface area contributed by atoms with Gasteiger partial charge >= 0.3 is 8.56 Å². The van der Waals surface area contributed by atoms with E-state index in [1.54, 1.807) is 14.2 Å². The van der Waals surface area contributed by atoms with E-state index in [2.05, 4.69) is 6.92 Å². The lowest BCUT2D eigenvalue weighted by Crippen LogP contribution is -2.54. The Morgan fingerprint density at radius 3 is 2.09 bits per heavy atom. The van der Waals surface area contributed by atoms with Gasteiger partial charge in [-0.2, -0.15) is 0 Å². The molecule has 0 aromatic rings. The molecular weight excluding hydrogens is 158 g/mol. The molecule has 1 atom stereocenters. The first-order valence-corrected chi connectivity index (χ1v) is 6.36. The van der Waals surface area contributed by atoms with Crippen LogP contribution in [0.15, 0.2) is 0 Å². The van der Waals surface area contributed by atoms with Crippen molar-refractivity contribution >= 4 is 8.56 Å². The molecule has 1 unspecified atom stereocenters. The lowest BCUT2D eigenvalue weighted by atomic mass is 10.3. The third kappa shape index (κ3) is 2.90. The fourth-order valence-electron chi connectivity index (χ4n) is 0.959. The van der Waals surface area contributed by atoms with E-state index >= 15 is 0 Å². The minimum absolute atomic E-state index is 0.0856. The summed E-state index contributed by atoms with van der Waals surface area (Å²) < 4.78 is 10.6. The summed E-state index contributed by atoms with van der Waals surface area (Å²) in [5.41, 5.74) is 5.98. The maximum Gasteiger partial charge on any atom is 0.351 e. The van der Waals surface area contributed by atoms with Crippen molar-refractivity contribution in [3.8, 4) is 0 Å². The predicted molar refractivity (Wildman–Crippen MR) is 48.5 cm³/mol. The van der Waals surface area contributed by atoms with Crippen LogP contribution >= 0.6 is 0 Å². The number of nitrogens with two attached hydrogens (primary N) is 1. The second-order valence-electron chi connectivity index (χ2n) is 2.82. The van der Waals surface area contributed by atoms with Crippen LogP contribution in [0.5, 0.6) is 0 Å². The van der Waals surface area contributed by atoms with Gasteiger partial charge in [0.05, 0.1) is 0 Å². The third-order valence-corrected chi connectivity index (χ3v) is 5.34. The summed E-state index contributed by atoms with van der Waals surface area (Å²) in [4.78, 5) is 0. The highest BCUT2D eigenvalue weighted by Crippen LogP contribution is 2.12. The molecule has 0 aromatic heterocycles. The van der Waals surface area contributed by atoms with Crippen molar-refractivity contribution in [1.82, 2.24) is 0 Å². The Labute approximate surface area is 70.1 Å². The van der Waals surface area contributed by atoms with Crippen molar-refractivity contribution in [3.63, 3.8) is 0 Å². The maximum absolute atomic E-state index is 5.90. The molecule has 0 aromatic carbocycles. The van der Waals surface area contributed by atoms with Crippen molar-refractivity contribution < 1.29 is 8.85 Å². The van der Waals surface area contributed by atoms with Crippen LogP contribution in [-0.4, -0.2) is 28.4 Å². The van der Waals surface area contributed by atoms with Crippen molar-refractivity contribution in [2.45, 2.75) is 32.0 Å². The second kappa shape index (κ2) is 4.87. The standard InChI is InChI=1S/C7H19NO2Si/c1-5-6-7(8)11(4,9-2)10-3/h7H,5-6,8H2,1-4H3. The number of hydrogen-bond acceptors (Lipinski definition) is 3. The largest absolute Gasteiger partial charge is 0.397 e. The highest BCUT2D eigenvalue weighted by molar-refractivity contribution is 6.67. The molecule has 11 heavy (non-hydrogen) atoms. The first kappa shape index (κ1) is 11.1. The van der Waals surface area contributed by atoms with E-state index in [1.807, 2.05) is 6.55 Å². The van der Waals surface area contributed by atoms with Crippen LogP contribution in [0, 0.1) is 0 Å². The number of hydrogen-bond donors (Lipinski definition) is 1. The van der Waals surface area contributed by atoms with Crippen LogP contribution < -0.4 is 5.73 Å². The van der Waals surface area contributed by atoms with Gasteiger partial charge in [0.2, 0.25) is 0 Å². The second-order valence-corrected chi connectivity index (χ2v) is 6.41. The van der Waals surface area contributed by atoms with Gasteiger partial charge in [0.25, 0.3) is 0 Å². The first-order chi connectivity index (χ1) is 5.10. The zero-order valence-corrected chi connectivity index (χ0v) is 8.89. The molecule has 0 aliphatic heterocycles. The van der Waals surface area contributed by atoms with Gasteiger partial charge in [-0.25, -0.2) is 0 Å². The highest BCUT2D eigenvalue weighted by Gasteiger charge is 2.36. The van der Waals surface area contributed by atoms with Gasteiger partial charge < -0.3 is 14.6 Å².